The summed E-state index contributed by atoms with van der Waals surface area (Å²) in [7, 11) is 0. The van der Waals surface area contributed by atoms with Crippen LogP contribution in [0.5, 0.6) is 0 Å². The van der Waals surface area contributed by atoms with Gasteiger partial charge >= 0.3 is 0 Å². The lowest BCUT2D eigenvalue weighted by atomic mass is 9.54. The predicted molar refractivity (Wildman–Crippen MR) is 141 cm³/mol. The maximum absolute atomic E-state index is 13.8. The smallest absolute Gasteiger partial charge is 0.274 e. The number of hydrogen-bond acceptors (Lipinski definition) is 5. The monoisotopic (exact) mass is 549 g/mol. The van der Waals surface area contributed by atoms with Gasteiger partial charge in [-0.2, -0.15) is 0 Å². The third-order valence-electron chi connectivity index (χ3n) is 7.93. The van der Waals surface area contributed by atoms with Crippen LogP contribution in [-0.2, 0) is 24.1 Å². The van der Waals surface area contributed by atoms with Crippen molar-refractivity contribution in [3.05, 3.63) is 105 Å². The Bertz CT molecular complexity index is 1450. The minimum absolute atomic E-state index is 0.119. The van der Waals surface area contributed by atoms with Crippen molar-refractivity contribution in [3.8, 4) is 0 Å². The number of halogens is 2. The normalized spacial score (nSPS) is 26.6. The molecule has 10 heteroatoms. The van der Waals surface area contributed by atoms with E-state index < -0.39 is 44.2 Å². The summed E-state index contributed by atoms with van der Waals surface area (Å²) >= 11 is 14.8. The number of anilines is 1. The van der Waals surface area contributed by atoms with Crippen LogP contribution >= 0.6 is 23.2 Å². The highest BCUT2D eigenvalue weighted by atomic mass is 35.5. The van der Waals surface area contributed by atoms with Crippen LogP contribution in [0.15, 0.2) is 66.7 Å². The summed E-state index contributed by atoms with van der Waals surface area (Å²) < 4.78 is 0. The average molecular weight is 550 g/mol. The van der Waals surface area contributed by atoms with Gasteiger partial charge in [-0.15, -0.1) is 23.2 Å². The molecule has 1 fully saturated rings. The molecule has 2 atom stereocenters. The first kappa shape index (κ1) is 24.6. The maximum atomic E-state index is 13.8. The van der Waals surface area contributed by atoms with Crippen LogP contribution in [0, 0.1) is 28.9 Å². The molecule has 3 aromatic carbocycles. The lowest BCUT2D eigenvalue weighted by Gasteiger charge is -2.54. The highest BCUT2D eigenvalue weighted by Gasteiger charge is 2.72. The van der Waals surface area contributed by atoms with E-state index in [-0.39, 0.29) is 24.3 Å². The Morgan fingerprint density at radius 1 is 0.921 bits per heavy atom. The molecule has 1 saturated heterocycles. The molecule has 3 amide bonds. The van der Waals surface area contributed by atoms with E-state index >= 15 is 0 Å². The van der Waals surface area contributed by atoms with Crippen LogP contribution < -0.4 is 5.32 Å². The zero-order valence-electron chi connectivity index (χ0n) is 20.1. The van der Waals surface area contributed by atoms with E-state index in [1.165, 1.54) is 12.1 Å². The largest absolute Gasteiger partial charge is 0.326 e. The van der Waals surface area contributed by atoms with E-state index in [0.29, 0.717) is 27.8 Å². The molecule has 1 aliphatic heterocycles. The summed E-state index contributed by atoms with van der Waals surface area (Å²) in [6, 6.07) is 19.1. The van der Waals surface area contributed by atoms with Crippen molar-refractivity contribution in [2.24, 2.45) is 11.8 Å². The quantitative estimate of drug-likeness (QED) is 0.212. The molecule has 0 unspecified atom stereocenters. The van der Waals surface area contributed by atoms with Gasteiger partial charge in [-0.1, -0.05) is 54.6 Å². The van der Waals surface area contributed by atoms with Crippen LogP contribution in [0.2, 0.25) is 0 Å². The fraction of sp³-hybridized carbons (Fsp3) is 0.250. The third-order valence-corrected chi connectivity index (χ3v) is 9.21. The van der Waals surface area contributed by atoms with Gasteiger partial charge in [0.25, 0.3) is 5.69 Å². The van der Waals surface area contributed by atoms with Crippen molar-refractivity contribution >= 4 is 52.3 Å². The molecule has 8 nitrogen and oxygen atoms in total. The van der Waals surface area contributed by atoms with Gasteiger partial charge in [0, 0.05) is 30.3 Å². The molecule has 1 heterocycles. The number of rotatable bonds is 5. The zero-order chi connectivity index (χ0) is 27.0. The van der Waals surface area contributed by atoms with Gasteiger partial charge in [-0.05, 0) is 35.2 Å². The lowest BCUT2D eigenvalue weighted by Crippen LogP contribution is -2.57. The molecule has 38 heavy (non-hydrogen) atoms. The molecule has 0 spiro atoms. The van der Waals surface area contributed by atoms with Gasteiger partial charge < -0.3 is 5.32 Å². The molecule has 1 N–H and O–H groups in total. The van der Waals surface area contributed by atoms with Gasteiger partial charge in [0.2, 0.25) is 17.7 Å². The maximum Gasteiger partial charge on any atom is 0.274 e. The number of imide groups is 1. The first-order valence-electron chi connectivity index (χ1n) is 12.1. The third kappa shape index (κ3) is 3.13. The topological polar surface area (TPSA) is 110 Å². The number of aryl methyl sites for hydroxylation is 1. The number of carbonyl (C=O) groups is 3. The van der Waals surface area contributed by atoms with Crippen molar-refractivity contribution in [2.75, 3.05) is 11.9 Å². The minimum Gasteiger partial charge on any atom is -0.326 e. The molecule has 0 radical (unpaired) electrons. The molecule has 3 aliphatic carbocycles. The van der Waals surface area contributed by atoms with E-state index in [4.69, 9.17) is 23.2 Å². The zero-order valence-corrected chi connectivity index (χ0v) is 21.6. The summed E-state index contributed by atoms with van der Waals surface area (Å²) in [5, 5.41) is 13.8. The van der Waals surface area contributed by atoms with E-state index in [9.17, 15) is 24.5 Å². The molecule has 4 aliphatic rings. The van der Waals surface area contributed by atoms with E-state index in [2.05, 4.69) is 5.32 Å². The predicted octanol–water partition coefficient (Wildman–Crippen LogP) is 4.83. The van der Waals surface area contributed by atoms with Gasteiger partial charge in [-0.25, -0.2) is 0 Å². The first-order valence-corrected chi connectivity index (χ1v) is 12.8. The number of amides is 3. The van der Waals surface area contributed by atoms with Crippen molar-refractivity contribution in [1.29, 1.82) is 0 Å². The SMILES string of the molecule is Cc1ccc(NC(=O)CCN2C(=O)[C@@H]3[C@H](C2=O)C2(Cl)c4ccccc4C3(Cl)c3ccccc32)cc1[N+](=O)[O-]. The Morgan fingerprint density at radius 3 is 1.84 bits per heavy atom. The number of likely N-dealkylation sites (tertiary alicyclic amines) is 1. The van der Waals surface area contributed by atoms with Crippen LogP contribution in [0.4, 0.5) is 11.4 Å². The second-order valence-corrected chi connectivity index (χ2v) is 11.0. The Labute approximate surface area is 227 Å². The number of nitro groups is 1. The molecular weight excluding hydrogens is 529 g/mol. The fourth-order valence-corrected chi connectivity index (χ4v) is 7.36. The average Bonchev–Trinajstić information content (AvgIpc) is 3.17. The lowest BCUT2D eigenvalue weighted by molar-refractivity contribution is -0.385. The summed E-state index contributed by atoms with van der Waals surface area (Å²) in [6.45, 7) is 1.43. The molecule has 0 aromatic heterocycles. The Hall–Kier alpha value is -3.75. The summed E-state index contributed by atoms with van der Waals surface area (Å²) in [4.78, 5) is 49.5. The first-order chi connectivity index (χ1) is 18.1. The fourth-order valence-electron chi connectivity index (χ4n) is 6.27. The highest BCUT2D eigenvalue weighted by molar-refractivity contribution is 6.36. The van der Waals surface area contributed by atoms with Crippen LogP contribution in [-0.4, -0.2) is 34.1 Å². The standard InChI is InChI=1S/C28H21Cl2N3O5/c1-15-10-11-16(14-21(15)33(37)38)31-22(34)12-13-32-25(35)23-24(26(32)36)28(30)18-7-3-2-6-17(18)27(23,29)19-8-4-5-9-20(19)28/h2-11,14,23-24H,12-13H2,1H3,(H,31,34)/t23-,24+,27?,28?. The Kier molecular flexibility index (Phi) is 5.42. The summed E-state index contributed by atoms with van der Waals surface area (Å²) in [5.74, 6) is -3.29. The van der Waals surface area contributed by atoms with E-state index in [1.807, 2.05) is 48.5 Å². The second-order valence-electron chi connectivity index (χ2n) is 9.85. The van der Waals surface area contributed by atoms with E-state index in [0.717, 1.165) is 4.90 Å². The van der Waals surface area contributed by atoms with Crippen molar-refractivity contribution in [1.82, 2.24) is 4.90 Å². The molecule has 0 saturated carbocycles. The number of benzene rings is 3. The van der Waals surface area contributed by atoms with Gasteiger partial charge in [0.1, 0.15) is 9.75 Å². The Balaban J connectivity index is 1.30. The highest BCUT2D eigenvalue weighted by Crippen LogP contribution is 2.69. The van der Waals surface area contributed by atoms with Crippen molar-refractivity contribution in [2.45, 2.75) is 23.1 Å². The molecule has 3 aromatic rings. The molecular formula is C28H21Cl2N3O5. The van der Waals surface area contributed by atoms with Gasteiger partial charge in [0.05, 0.1) is 16.8 Å². The van der Waals surface area contributed by atoms with Crippen LogP contribution in [0.25, 0.3) is 0 Å². The van der Waals surface area contributed by atoms with Gasteiger partial charge in [0.15, 0.2) is 0 Å². The number of alkyl halides is 2. The van der Waals surface area contributed by atoms with Crippen LogP contribution in [0.3, 0.4) is 0 Å². The number of nitro benzene ring substituents is 1. The van der Waals surface area contributed by atoms with Gasteiger partial charge in [-0.3, -0.25) is 29.4 Å². The minimum atomic E-state index is -1.28. The van der Waals surface area contributed by atoms with Crippen LogP contribution in [0.1, 0.15) is 34.2 Å². The number of hydrogen-bond donors (Lipinski definition) is 1. The number of nitrogens with one attached hydrogen (secondary N) is 1. The second kappa shape index (κ2) is 8.38. The van der Waals surface area contributed by atoms with E-state index in [1.54, 1.807) is 13.0 Å². The number of nitrogens with zero attached hydrogens (tertiary/aromatic N) is 2. The van der Waals surface area contributed by atoms with Crippen molar-refractivity contribution in [3.63, 3.8) is 0 Å². The molecule has 7 rings (SSSR count). The summed E-state index contributed by atoms with van der Waals surface area (Å²) in [5.41, 5.74) is 3.42. The number of carbonyl (C=O) groups excluding carboxylic acids is 3. The van der Waals surface area contributed by atoms with Crippen molar-refractivity contribution < 1.29 is 19.3 Å². The summed E-state index contributed by atoms with van der Waals surface area (Å²) in [6.07, 6.45) is -0.191. The molecule has 2 bridgehead atoms. The molecule has 192 valence electrons. The Morgan fingerprint density at radius 2 is 1.39 bits per heavy atom.